The quantitative estimate of drug-likeness (QED) is 0.678. The Balaban J connectivity index is 1.55. The second-order valence-electron chi connectivity index (χ2n) is 6.34. The van der Waals surface area contributed by atoms with Crippen molar-refractivity contribution in [2.24, 2.45) is 0 Å². The number of thioether (sulfide) groups is 1. The number of hydrogen-bond donors (Lipinski definition) is 1. The Labute approximate surface area is 174 Å². The highest BCUT2D eigenvalue weighted by molar-refractivity contribution is 8.00. The second-order valence-corrected chi connectivity index (χ2v) is 7.31. The van der Waals surface area contributed by atoms with Crippen molar-refractivity contribution in [2.45, 2.75) is 25.3 Å². The summed E-state index contributed by atoms with van der Waals surface area (Å²) >= 11 is 1.40. The van der Waals surface area contributed by atoms with E-state index >= 15 is 0 Å². The largest absolute Gasteiger partial charge is 0.490 e. The van der Waals surface area contributed by atoms with E-state index in [0.29, 0.717) is 43.4 Å². The summed E-state index contributed by atoms with van der Waals surface area (Å²) in [6.07, 6.45) is 2.34. The third-order valence-electron chi connectivity index (χ3n) is 4.32. The van der Waals surface area contributed by atoms with E-state index in [-0.39, 0.29) is 18.4 Å². The first-order valence-electron chi connectivity index (χ1n) is 9.65. The Morgan fingerprint density at radius 3 is 2.79 bits per heavy atom. The average molecular weight is 416 g/mol. The Bertz CT molecular complexity index is 875. The molecule has 1 aliphatic rings. The van der Waals surface area contributed by atoms with Gasteiger partial charge in [0.05, 0.1) is 24.7 Å². The Morgan fingerprint density at radius 2 is 2.00 bits per heavy atom. The summed E-state index contributed by atoms with van der Waals surface area (Å²) in [7, 11) is 0. The van der Waals surface area contributed by atoms with Crippen LogP contribution in [0.25, 0.3) is 0 Å². The summed E-state index contributed by atoms with van der Waals surface area (Å²) < 4.78 is 11.2. The number of nitrogens with one attached hydrogen (secondary N) is 1. The average Bonchev–Trinajstić information content (AvgIpc) is 2.72. The van der Waals surface area contributed by atoms with Crippen molar-refractivity contribution in [3.63, 3.8) is 0 Å². The molecular weight excluding hydrogens is 390 g/mol. The molecule has 0 aliphatic carbocycles. The Kier molecular flexibility index (Phi) is 7.35. The fourth-order valence-electron chi connectivity index (χ4n) is 3.01. The number of fused-ring (bicyclic) bond motifs is 1. The summed E-state index contributed by atoms with van der Waals surface area (Å²) in [5.41, 5.74) is 1.73. The number of pyridine rings is 1. The zero-order chi connectivity index (χ0) is 20.6. The fourth-order valence-corrected chi connectivity index (χ4v) is 3.89. The van der Waals surface area contributed by atoms with Gasteiger partial charge >= 0.3 is 0 Å². The van der Waals surface area contributed by atoms with Crippen LogP contribution < -0.4 is 19.7 Å². The first kappa shape index (κ1) is 21.0. The van der Waals surface area contributed by atoms with Crippen LogP contribution in [0.2, 0.25) is 0 Å². The molecule has 0 spiro atoms. The molecule has 8 heteroatoms. The SMILES string of the molecule is CCOc1ccc(CCNC(=O)CN2C(=O)CSc3ncccc32)cc1OCC. The van der Waals surface area contributed by atoms with Gasteiger partial charge in [-0.05, 0) is 50.1 Å². The second kappa shape index (κ2) is 10.2. The van der Waals surface area contributed by atoms with E-state index < -0.39 is 0 Å². The summed E-state index contributed by atoms with van der Waals surface area (Å²) in [6, 6.07) is 9.38. The molecule has 0 unspecified atom stereocenters. The molecule has 154 valence electrons. The van der Waals surface area contributed by atoms with Gasteiger partial charge in [-0.1, -0.05) is 17.8 Å². The van der Waals surface area contributed by atoms with Gasteiger partial charge in [0.15, 0.2) is 11.5 Å². The van der Waals surface area contributed by atoms with Gasteiger partial charge < -0.3 is 14.8 Å². The number of rotatable bonds is 9. The van der Waals surface area contributed by atoms with Crippen LogP contribution in [0.5, 0.6) is 11.5 Å². The van der Waals surface area contributed by atoms with Crippen molar-refractivity contribution >= 4 is 29.3 Å². The van der Waals surface area contributed by atoms with Crippen LogP contribution in [0.15, 0.2) is 41.6 Å². The van der Waals surface area contributed by atoms with Gasteiger partial charge in [0.2, 0.25) is 11.8 Å². The molecule has 1 N–H and O–H groups in total. The smallest absolute Gasteiger partial charge is 0.240 e. The van der Waals surface area contributed by atoms with Gasteiger partial charge in [0.25, 0.3) is 0 Å². The van der Waals surface area contributed by atoms with Crippen molar-refractivity contribution < 1.29 is 19.1 Å². The third-order valence-corrected chi connectivity index (χ3v) is 5.30. The number of carbonyl (C=O) groups is 2. The number of ether oxygens (including phenoxy) is 2. The molecule has 1 aromatic carbocycles. The number of aromatic nitrogens is 1. The van der Waals surface area contributed by atoms with E-state index in [2.05, 4.69) is 10.3 Å². The first-order chi connectivity index (χ1) is 14.1. The summed E-state index contributed by atoms with van der Waals surface area (Å²) in [6.45, 7) is 5.44. The highest BCUT2D eigenvalue weighted by Gasteiger charge is 2.27. The molecule has 3 rings (SSSR count). The fraction of sp³-hybridized carbons (Fsp3) is 0.381. The van der Waals surface area contributed by atoms with Gasteiger partial charge in [0, 0.05) is 12.7 Å². The van der Waals surface area contributed by atoms with E-state index in [9.17, 15) is 9.59 Å². The zero-order valence-electron chi connectivity index (χ0n) is 16.6. The van der Waals surface area contributed by atoms with Crippen molar-refractivity contribution in [2.75, 3.05) is 37.0 Å². The van der Waals surface area contributed by atoms with Gasteiger partial charge in [-0.2, -0.15) is 0 Å². The number of nitrogens with zero attached hydrogens (tertiary/aromatic N) is 2. The topological polar surface area (TPSA) is 80.8 Å². The lowest BCUT2D eigenvalue weighted by Gasteiger charge is -2.27. The molecule has 0 saturated carbocycles. The molecular formula is C21H25N3O4S. The zero-order valence-corrected chi connectivity index (χ0v) is 17.5. The van der Waals surface area contributed by atoms with E-state index in [1.165, 1.54) is 16.7 Å². The molecule has 2 aromatic rings. The maximum absolute atomic E-state index is 12.4. The third kappa shape index (κ3) is 5.41. The molecule has 0 bridgehead atoms. The molecule has 1 aliphatic heterocycles. The van der Waals surface area contributed by atoms with Gasteiger partial charge in [-0.25, -0.2) is 4.98 Å². The monoisotopic (exact) mass is 415 g/mol. The van der Waals surface area contributed by atoms with E-state index in [1.54, 1.807) is 12.3 Å². The minimum Gasteiger partial charge on any atom is -0.490 e. The van der Waals surface area contributed by atoms with Crippen LogP contribution in [0, 0.1) is 0 Å². The number of amides is 2. The van der Waals surface area contributed by atoms with Gasteiger partial charge in [-0.15, -0.1) is 0 Å². The van der Waals surface area contributed by atoms with Crippen LogP contribution in [-0.2, 0) is 16.0 Å². The van der Waals surface area contributed by atoms with Crippen LogP contribution in [0.3, 0.4) is 0 Å². The molecule has 0 saturated heterocycles. The predicted molar refractivity (Wildman–Crippen MR) is 113 cm³/mol. The van der Waals surface area contributed by atoms with Crippen molar-refractivity contribution in [1.82, 2.24) is 10.3 Å². The molecule has 29 heavy (non-hydrogen) atoms. The van der Waals surface area contributed by atoms with E-state index in [0.717, 1.165) is 16.3 Å². The summed E-state index contributed by atoms with van der Waals surface area (Å²) in [5, 5.41) is 3.66. The highest BCUT2D eigenvalue weighted by atomic mass is 32.2. The maximum atomic E-state index is 12.4. The molecule has 0 fully saturated rings. The minimum absolute atomic E-state index is 0.00837. The first-order valence-corrected chi connectivity index (χ1v) is 10.6. The molecule has 0 radical (unpaired) electrons. The molecule has 0 atom stereocenters. The molecule has 2 amide bonds. The molecule has 2 heterocycles. The maximum Gasteiger partial charge on any atom is 0.240 e. The van der Waals surface area contributed by atoms with Crippen molar-refractivity contribution in [3.8, 4) is 11.5 Å². The van der Waals surface area contributed by atoms with Crippen LogP contribution >= 0.6 is 11.8 Å². The molecule has 1 aromatic heterocycles. The normalized spacial score (nSPS) is 13.0. The number of hydrogen-bond acceptors (Lipinski definition) is 6. The van der Waals surface area contributed by atoms with Gasteiger partial charge in [0.1, 0.15) is 11.6 Å². The van der Waals surface area contributed by atoms with E-state index in [4.69, 9.17) is 9.47 Å². The predicted octanol–water partition coefficient (Wildman–Crippen LogP) is 2.68. The number of carbonyl (C=O) groups excluding carboxylic acids is 2. The number of anilines is 1. The lowest BCUT2D eigenvalue weighted by Crippen LogP contribution is -2.43. The Morgan fingerprint density at radius 1 is 1.21 bits per heavy atom. The summed E-state index contributed by atoms with van der Waals surface area (Å²) in [5.74, 6) is 1.44. The van der Waals surface area contributed by atoms with Crippen LogP contribution in [0.4, 0.5) is 5.69 Å². The van der Waals surface area contributed by atoms with Gasteiger partial charge in [-0.3, -0.25) is 14.5 Å². The van der Waals surface area contributed by atoms with Crippen molar-refractivity contribution in [3.05, 3.63) is 42.1 Å². The van der Waals surface area contributed by atoms with Crippen LogP contribution in [0.1, 0.15) is 19.4 Å². The minimum atomic E-state index is -0.198. The summed E-state index contributed by atoms with van der Waals surface area (Å²) in [4.78, 5) is 30.4. The van der Waals surface area contributed by atoms with Crippen LogP contribution in [-0.4, -0.2) is 48.9 Å². The lowest BCUT2D eigenvalue weighted by atomic mass is 10.1. The van der Waals surface area contributed by atoms with E-state index in [1.807, 2.05) is 38.1 Å². The lowest BCUT2D eigenvalue weighted by molar-refractivity contribution is -0.122. The Hall–Kier alpha value is -2.74. The standard InChI is InChI=1S/C21H25N3O4S/c1-3-27-17-8-7-15(12-18(17)28-4-2)9-11-22-19(25)13-24-16-6-5-10-23-21(16)29-14-20(24)26/h5-8,10,12H,3-4,9,11,13-14H2,1-2H3,(H,22,25). The highest BCUT2D eigenvalue weighted by Crippen LogP contribution is 2.32. The van der Waals surface area contributed by atoms with Crippen molar-refractivity contribution in [1.29, 1.82) is 0 Å². The molecule has 7 nitrogen and oxygen atoms in total. The number of benzene rings is 1.